The minimum Gasteiger partial charge on any atom is -0.508 e. The third-order valence-corrected chi connectivity index (χ3v) is 3.30. The third-order valence-electron chi connectivity index (χ3n) is 3.07. The van der Waals surface area contributed by atoms with Crippen molar-refractivity contribution in [2.45, 2.75) is 0 Å². The molecule has 0 saturated carbocycles. The number of phenolic OH excluding ortho intramolecular Hbond substituents is 1. The van der Waals surface area contributed by atoms with E-state index in [2.05, 4.69) is 10.3 Å². The van der Waals surface area contributed by atoms with Crippen LogP contribution < -0.4 is 0 Å². The van der Waals surface area contributed by atoms with E-state index in [1.807, 2.05) is 0 Å². The standard InChI is InChI=1S/C15H10ClN3O3/c16-10-3-1-2-9(8-10)14-13(15(21)22)17-18-19(14)11-4-6-12(20)7-5-11/h1-8,20H,(H,21,22). The Morgan fingerprint density at radius 1 is 1.14 bits per heavy atom. The smallest absolute Gasteiger partial charge is 0.358 e. The molecule has 0 saturated heterocycles. The van der Waals surface area contributed by atoms with Crippen molar-refractivity contribution in [1.29, 1.82) is 0 Å². The van der Waals surface area contributed by atoms with Crippen molar-refractivity contribution in [3.05, 3.63) is 59.2 Å². The monoisotopic (exact) mass is 315 g/mol. The maximum atomic E-state index is 11.4. The molecule has 1 aromatic heterocycles. The lowest BCUT2D eigenvalue weighted by molar-refractivity contribution is 0.0691. The molecule has 1 heterocycles. The lowest BCUT2D eigenvalue weighted by Crippen LogP contribution is -2.03. The second-order valence-corrected chi connectivity index (χ2v) is 4.97. The molecule has 0 aliphatic heterocycles. The molecule has 0 bridgehead atoms. The van der Waals surface area contributed by atoms with Crippen molar-refractivity contribution in [1.82, 2.24) is 15.0 Å². The van der Waals surface area contributed by atoms with Crippen LogP contribution in [0.15, 0.2) is 48.5 Å². The van der Waals surface area contributed by atoms with Crippen LogP contribution in [0.4, 0.5) is 0 Å². The zero-order chi connectivity index (χ0) is 15.7. The number of benzene rings is 2. The molecule has 6 nitrogen and oxygen atoms in total. The SMILES string of the molecule is O=C(O)c1nnn(-c2ccc(O)cc2)c1-c1cccc(Cl)c1. The molecule has 0 unspecified atom stereocenters. The summed E-state index contributed by atoms with van der Waals surface area (Å²) in [4.78, 5) is 11.4. The van der Waals surface area contributed by atoms with Crippen LogP contribution in [0.2, 0.25) is 5.02 Å². The van der Waals surface area contributed by atoms with Gasteiger partial charge in [-0.15, -0.1) is 5.10 Å². The fourth-order valence-corrected chi connectivity index (χ4v) is 2.29. The molecule has 0 atom stereocenters. The van der Waals surface area contributed by atoms with E-state index >= 15 is 0 Å². The average Bonchev–Trinajstić information content (AvgIpc) is 2.93. The number of aromatic hydroxyl groups is 1. The molecule has 3 rings (SSSR count). The van der Waals surface area contributed by atoms with Crippen LogP contribution in [-0.4, -0.2) is 31.2 Å². The molecule has 0 fully saturated rings. The van der Waals surface area contributed by atoms with Crippen molar-refractivity contribution in [3.8, 4) is 22.7 Å². The van der Waals surface area contributed by atoms with Gasteiger partial charge in [-0.2, -0.15) is 0 Å². The Hall–Kier alpha value is -2.86. The second kappa shape index (κ2) is 5.50. The van der Waals surface area contributed by atoms with Gasteiger partial charge in [0.1, 0.15) is 11.4 Å². The van der Waals surface area contributed by atoms with E-state index in [-0.39, 0.29) is 11.4 Å². The van der Waals surface area contributed by atoms with Gasteiger partial charge in [0, 0.05) is 10.6 Å². The minimum absolute atomic E-state index is 0.103. The van der Waals surface area contributed by atoms with E-state index in [4.69, 9.17) is 11.6 Å². The molecule has 0 aliphatic carbocycles. The maximum Gasteiger partial charge on any atom is 0.358 e. The number of aromatic carboxylic acids is 1. The summed E-state index contributed by atoms with van der Waals surface area (Å²) >= 11 is 5.98. The number of nitrogens with zero attached hydrogens (tertiary/aromatic N) is 3. The summed E-state index contributed by atoms with van der Waals surface area (Å²) in [5.74, 6) is -1.08. The van der Waals surface area contributed by atoms with E-state index in [9.17, 15) is 15.0 Å². The van der Waals surface area contributed by atoms with E-state index in [1.165, 1.54) is 16.8 Å². The van der Waals surface area contributed by atoms with Gasteiger partial charge in [-0.25, -0.2) is 9.48 Å². The summed E-state index contributed by atoms with van der Waals surface area (Å²) in [7, 11) is 0. The number of carboxylic acid groups (broad SMARTS) is 1. The molecule has 0 aliphatic rings. The Bertz CT molecular complexity index is 843. The Balaban J connectivity index is 2.24. The number of aromatic nitrogens is 3. The molecular formula is C15H10ClN3O3. The van der Waals surface area contributed by atoms with Crippen LogP contribution in [-0.2, 0) is 0 Å². The number of rotatable bonds is 3. The van der Waals surface area contributed by atoms with Gasteiger partial charge in [0.2, 0.25) is 0 Å². The molecule has 0 amide bonds. The van der Waals surface area contributed by atoms with Crippen molar-refractivity contribution in [2.75, 3.05) is 0 Å². The molecule has 3 aromatic rings. The van der Waals surface area contributed by atoms with Gasteiger partial charge in [-0.05, 0) is 36.4 Å². The molecule has 0 radical (unpaired) electrons. The highest BCUT2D eigenvalue weighted by molar-refractivity contribution is 6.30. The predicted octanol–water partition coefficient (Wildman–Crippen LogP) is 2.99. The zero-order valence-electron chi connectivity index (χ0n) is 11.1. The quantitative estimate of drug-likeness (QED) is 0.775. The van der Waals surface area contributed by atoms with Gasteiger partial charge < -0.3 is 10.2 Å². The van der Waals surface area contributed by atoms with Crippen LogP contribution in [0.25, 0.3) is 16.9 Å². The van der Waals surface area contributed by atoms with Gasteiger partial charge in [0.15, 0.2) is 5.69 Å². The first-order valence-electron chi connectivity index (χ1n) is 6.30. The Morgan fingerprint density at radius 2 is 1.86 bits per heavy atom. The van der Waals surface area contributed by atoms with Crippen LogP contribution in [0.5, 0.6) is 5.75 Å². The predicted molar refractivity (Wildman–Crippen MR) is 80.4 cm³/mol. The number of hydrogen-bond donors (Lipinski definition) is 2. The summed E-state index contributed by atoms with van der Waals surface area (Å²) in [5.41, 5.74) is 1.31. The number of hydrogen-bond acceptors (Lipinski definition) is 4. The van der Waals surface area contributed by atoms with E-state index < -0.39 is 5.97 Å². The minimum atomic E-state index is -1.18. The second-order valence-electron chi connectivity index (χ2n) is 4.53. The molecule has 7 heteroatoms. The highest BCUT2D eigenvalue weighted by Gasteiger charge is 2.21. The van der Waals surface area contributed by atoms with E-state index in [1.54, 1.807) is 36.4 Å². The van der Waals surface area contributed by atoms with Crippen molar-refractivity contribution >= 4 is 17.6 Å². The van der Waals surface area contributed by atoms with Crippen molar-refractivity contribution in [3.63, 3.8) is 0 Å². The van der Waals surface area contributed by atoms with Crippen LogP contribution in [0, 0.1) is 0 Å². The summed E-state index contributed by atoms with van der Waals surface area (Å²) in [6, 6.07) is 13.0. The lowest BCUT2D eigenvalue weighted by atomic mass is 10.1. The van der Waals surface area contributed by atoms with Crippen LogP contribution >= 0.6 is 11.6 Å². The lowest BCUT2D eigenvalue weighted by Gasteiger charge is -2.08. The van der Waals surface area contributed by atoms with Crippen molar-refractivity contribution in [2.24, 2.45) is 0 Å². The maximum absolute atomic E-state index is 11.4. The first-order chi connectivity index (χ1) is 10.6. The summed E-state index contributed by atoms with van der Waals surface area (Å²) < 4.78 is 1.40. The molecule has 2 N–H and O–H groups in total. The Morgan fingerprint density at radius 3 is 2.50 bits per heavy atom. The van der Waals surface area contributed by atoms with E-state index in [0.717, 1.165) is 0 Å². The number of carbonyl (C=O) groups is 1. The number of halogens is 1. The topological polar surface area (TPSA) is 88.2 Å². The normalized spacial score (nSPS) is 10.6. The van der Waals surface area contributed by atoms with Gasteiger partial charge in [-0.3, -0.25) is 0 Å². The highest BCUT2D eigenvalue weighted by Crippen LogP contribution is 2.28. The van der Waals surface area contributed by atoms with Gasteiger partial charge in [0.25, 0.3) is 0 Å². The number of carboxylic acids is 1. The van der Waals surface area contributed by atoms with Crippen LogP contribution in [0.1, 0.15) is 10.5 Å². The highest BCUT2D eigenvalue weighted by atomic mass is 35.5. The molecular weight excluding hydrogens is 306 g/mol. The molecule has 2 aromatic carbocycles. The fourth-order valence-electron chi connectivity index (χ4n) is 2.10. The number of phenols is 1. The van der Waals surface area contributed by atoms with Gasteiger partial charge in [0.05, 0.1) is 5.69 Å². The van der Waals surface area contributed by atoms with Crippen molar-refractivity contribution < 1.29 is 15.0 Å². The zero-order valence-corrected chi connectivity index (χ0v) is 11.9. The first kappa shape index (κ1) is 14.1. The first-order valence-corrected chi connectivity index (χ1v) is 6.68. The third kappa shape index (κ3) is 2.51. The molecule has 110 valence electrons. The van der Waals surface area contributed by atoms with Gasteiger partial charge in [-0.1, -0.05) is 28.9 Å². The summed E-state index contributed by atoms with van der Waals surface area (Å²) in [6.07, 6.45) is 0. The Kier molecular flexibility index (Phi) is 3.52. The van der Waals surface area contributed by atoms with Crippen LogP contribution in [0.3, 0.4) is 0 Å². The average molecular weight is 316 g/mol. The fraction of sp³-hybridized carbons (Fsp3) is 0. The molecule has 0 spiro atoms. The Labute approximate surface area is 130 Å². The molecule has 22 heavy (non-hydrogen) atoms. The van der Waals surface area contributed by atoms with Gasteiger partial charge >= 0.3 is 5.97 Å². The summed E-state index contributed by atoms with van der Waals surface area (Å²) in [5, 5.41) is 26.8. The largest absolute Gasteiger partial charge is 0.508 e. The van der Waals surface area contributed by atoms with E-state index in [0.29, 0.717) is 22.0 Å². The summed E-state index contributed by atoms with van der Waals surface area (Å²) in [6.45, 7) is 0.